The summed E-state index contributed by atoms with van der Waals surface area (Å²) in [7, 11) is -1.84. The molecule has 1 saturated heterocycles. The summed E-state index contributed by atoms with van der Waals surface area (Å²) in [4.78, 5) is 17.4. The van der Waals surface area contributed by atoms with Crippen molar-refractivity contribution >= 4 is 27.1 Å². The van der Waals surface area contributed by atoms with Gasteiger partial charge in [-0.3, -0.25) is 4.79 Å². The largest absolute Gasteiger partial charge is 0.367 e. The zero-order chi connectivity index (χ0) is 19.9. The monoisotopic (exact) mass is 397 g/mol. The van der Waals surface area contributed by atoms with E-state index in [1.165, 1.54) is 0 Å². The summed E-state index contributed by atoms with van der Waals surface area (Å²) in [5.41, 5.74) is 2.78. The summed E-state index contributed by atoms with van der Waals surface area (Å²) in [6.07, 6.45) is 0. The summed E-state index contributed by atoms with van der Waals surface area (Å²) >= 11 is 0. The van der Waals surface area contributed by atoms with Crippen molar-refractivity contribution in [2.24, 2.45) is 0 Å². The van der Waals surface area contributed by atoms with E-state index in [1.807, 2.05) is 37.1 Å². The molecule has 0 spiro atoms. The number of anilines is 1. The molecule has 0 aromatic heterocycles. The molecule has 1 N–H and O–H groups in total. The fraction of sp³-hybridized carbons (Fsp3) is 0.286. The van der Waals surface area contributed by atoms with Crippen molar-refractivity contribution in [2.45, 2.75) is 11.8 Å². The molecule has 2 heterocycles. The van der Waals surface area contributed by atoms with Crippen LogP contribution in [0.4, 0.5) is 5.69 Å². The maximum Gasteiger partial charge on any atom is 0.269 e. The average Bonchev–Trinajstić information content (AvgIpc) is 2.92. The van der Waals surface area contributed by atoms with Crippen molar-refractivity contribution in [3.05, 3.63) is 64.6 Å². The quantitative estimate of drug-likeness (QED) is 0.861. The zero-order valence-corrected chi connectivity index (χ0v) is 16.8. The Morgan fingerprint density at radius 3 is 2.29 bits per heavy atom. The Balaban J connectivity index is 1.78. The molecule has 6 nitrogen and oxygen atoms in total. The maximum atomic E-state index is 13.2. The van der Waals surface area contributed by atoms with Gasteiger partial charge >= 0.3 is 0 Å². The van der Waals surface area contributed by atoms with Gasteiger partial charge in [-0.2, -0.15) is 0 Å². The van der Waals surface area contributed by atoms with Gasteiger partial charge in [-0.25, -0.2) is 8.42 Å². The van der Waals surface area contributed by atoms with E-state index in [-0.39, 0.29) is 9.80 Å². The predicted octanol–water partition coefficient (Wildman–Crippen LogP) is 2.34. The standard InChI is InChI=1S/C21H23N3O3S/c1-15-7-9-16(10-8-15)22-21(25)20-19(24-13-11-23(2)12-14-24)17-5-3-4-6-18(17)28(20,26)27/h3-10H,11-14H2,1-2H3,(H,22,25). The molecule has 0 atom stereocenters. The molecule has 0 unspecified atom stereocenters. The van der Waals surface area contributed by atoms with Crippen LogP contribution in [0.5, 0.6) is 0 Å². The highest BCUT2D eigenvalue weighted by molar-refractivity contribution is 7.97. The van der Waals surface area contributed by atoms with Crippen molar-refractivity contribution in [1.29, 1.82) is 0 Å². The van der Waals surface area contributed by atoms with E-state index >= 15 is 0 Å². The van der Waals surface area contributed by atoms with Crippen LogP contribution in [-0.2, 0) is 14.6 Å². The Bertz CT molecular complexity index is 1050. The van der Waals surface area contributed by atoms with Gasteiger partial charge < -0.3 is 15.1 Å². The minimum atomic E-state index is -3.87. The Hall–Kier alpha value is -2.64. The first-order valence-corrected chi connectivity index (χ1v) is 10.8. The highest BCUT2D eigenvalue weighted by Gasteiger charge is 2.42. The second kappa shape index (κ2) is 7.07. The van der Waals surface area contributed by atoms with Gasteiger partial charge in [-0.05, 0) is 32.2 Å². The zero-order valence-electron chi connectivity index (χ0n) is 16.0. The molecule has 2 aliphatic rings. The highest BCUT2D eigenvalue weighted by atomic mass is 32.2. The van der Waals surface area contributed by atoms with Crippen molar-refractivity contribution in [3.63, 3.8) is 0 Å². The van der Waals surface area contributed by atoms with E-state index in [0.717, 1.165) is 18.7 Å². The topological polar surface area (TPSA) is 69.7 Å². The van der Waals surface area contributed by atoms with E-state index in [0.29, 0.717) is 30.0 Å². The molecule has 2 aromatic rings. The minimum Gasteiger partial charge on any atom is -0.367 e. The fourth-order valence-electron chi connectivity index (χ4n) is 3.65. The predicted molar refractivity (Wildman–Crippen MR) is 109 cm³/mol. The first-order chi connectivity index (χ1) is 13.4. The summed E-state index contributed by atoms with van der Waals surface area (Å²) in [5, 5.41) is 2.77. The van der Waals surface area contributed by atoms with Crippen LogP contribution in [-0.4, -0.2) is 57.4 Å². The Morgan fingerprint density at radius 1 is 0.964 bits per heavy atom. The van der Waals surface area contributed by atoms with Gasteiger partial charge in [-0.1, -0.05) is 35.9 Å². The number of hydrogen-bond donors (Lipinski definition) is 1. The second-order valence-electron chi connectivity index (χ2n) is 7.29. The van der Waals surface area contributed by atoms with Crippen molar-refractivity contribution in [3.8, 4) is 0 Å². The number of carbonyl (C=O) groups is 1. The highest BCUT2D eigenvalue weighted by Crippen LogP contribution is 2.41. The Kier molecular flexibility index (Phi) is 4.72. The van der Waals surface area contributed by atoms with E-state index < -0.39 is 15.7 Å². The van der Waals surface area contributed by atoms with E-state index in [9.17, 15) is 13.2 Å². The van der Waals surface area contributed by atoms with Crippen molar-refractivity contribution < 1.29 is 13.2 Å². The van der Waals surface area contributed by atoms with Crippen LogP contribution >= 0.6 is 0 Å². The summed E-state index contributed by atoms with van der Waals surface area (Å²) in [6.45, 7) is 4.95. The average molecular weight is 398 g/mol. The molecule has 2 aliphatic heterocycles. The number of fused-ring (bicyclic) bond motifs is 1. The molecule has 146 valence electrons. The van der Waals surface area contributed by atoms with Gasteiger partial charge in [0.1, 0.15) is 0 Å². The van der Waals surface area contributed by atoms with Crippen molar-refractivity contribution in [2.75, 3.05) is 38.5 Å². The van der Waals surface area contributed by atoms with Gasteiger partial charge in [0.2, 0.25) is 9.84 Å². The number of sulfone groups is 1. The number of benzene rings is 2. The normalized spacial score (nSPS) is 18.9. The Morgan fingerprint density at radius 2 is 1.61 bits per heavy atom. The number of nitrogens with one attached hydrogen (secondary N) is 1. The molecule has 1 amide bonds. The van der Waals surface area contributed by atoms with E-state index in [2.05, 4.69) is 10.2 Å². The van der Waals surface area contributed by atoms with Gasteiger partial charge in [0.25, 0.3) is 5.91 Å². The molecule has 0 bridgehead atoms. The van der Waals surface area contributed by atoms with Crippen LogP contribution in [0.25, 0.3) is 5.70 Å². The SMILES string of the molecule is Cc1ccc(NC(=O)C2=C(N3CCN(C)CC3)c3ccccc3S2(=O)=O)cc1. The van der Waals surface area contributed by atoms with Crippen LogP contribution in [0.3, 0.4) is 0 Å². The van der Waals surface area contributed by atoms with Gasteiger partial charge in [0.15, 0.2) is 4.91 Å². The van der Waals surface area contributed by atoms with E-state index in [4.69, 9.17) is 0 Å². The number of nitrogens with zero attached hydrogens (tertiary/aromatic N) is 2. The van der Waals surface area contributed by atoms with Crippen LogP contribution in [0, 0.1) is 6.92 Å². The number of piperazine rings is 1. The lowest BCUT2D eigenvalue weighted by Gasteiger charge is -2.35. The van der Waals surface area contributed by atoms with Crippen LogP contribution in [0.2, 0.25) is 0 Å². The molecule has 1 fully saturated rings. The Labute approximate surface area is 165 Å². The molecule has 0 aliphatic carbocycles. The number of rotatable bonds is 3. The second-order valence-corrected chi connectivity index (χ2v) is 9.14. The molecule has 2 aromatic carbocycles. The van der Waals surface area contributed by atoms with Gasteiger partial charge in [-0.15, -0.1) is 0 Å². The number of aryl methyl sites for hydroxylation is 1. The smallest absolute Gasteiger partial charge is 0.269 e. The summed E-state index contributed by atoms with van der Waals surface area (Å²) in [6, 6.07) is 14.2. The summed E-state index contributed by atoms with van der Waals surface area (Å²) in [5.74, 6) is -0.589. The maximum absolute atomic E-state index is 13.2. The van der Waals surface area contributed by atoms with Gasteiger partial charge in [0.05, 0.1) is 10.6 Å². The molecule has 0 saturated carbocycles. The first kappa shape index (κ1) is 18.7. The number of hydrogen-bond acceptors (Lipinski definition) is 5. The number of likely N-dealkylation sites (N-methyl/N-ethyl adjacent to an activating group) is 1. The van der Waals surface area contributed by atoms with Gasteiger partial charge in [0, 0.05) is 37.4 Å². The third-order valence-corrected chi connectivity index (χ3v) is 7.10. The van der Waals surface area contributed by atoms with Crippen LogP contribution in [0.1, 0.15) is 11.1 Å². The summed E-state index contributed by atoms with van der Waals surface area (Å²) < 4.78 is 26.5. The van der Waals surface area contributed by atoms with Crippen LogP contribution < -0.4 is 5.32 Å². The van der Waals surface area contributed by atoms with E-state index in [1.54, 1.807) is 30.3 Å². The molecular weight excluding hydrogens is 374 g/mol. The number of amides is 1. The molecule has 0 radical (unpaired) electrons. The fourth-order valence-corrected chi connectivity index (χ4v) is 5.38. The third kappa shape index (κ3) is 3.21. The third-order valence-electron chi connectivity index (χ3n) is 5.25. The molecular formula is C21H23N3O3S. The molecule has 28 heavy (non-hydrogen) atoms. The van der Waals surface area contributed by atoms with Crippen molar-refractivity contribution in [1.82, 2.24) is 9.80 Å². The molecule has 4 rings (SSSR count). The lowest BCUT2D eigenvalue weighted by molar-refractivity contribution is -0.112. The number of carbonyl (C=O) groups excluding carboxylic acids is 1. The molecule has 7 heteroatoms. The minimum absolute atomic E-state index is 0.154. The lowest BCUT2D eigenvalue weighted by atomic mass is 10.1. The lowest BCUT2D eigenvalue weighted by Crippen LogP contribution is -2.43. The first-order valence-electron chi connectivity index (χ1n) is 9.28. The van der Waals surface area contributed by atoms with Crippen LogP contribution in [0.15, 0.2) is 58.3 Å².